The Morgan fingerprint density at radius 1 is 1.02 bits per heavy atom. The molecular formula is C32H36N4O4. The third kappa shape index (κ3) is 4.19. The Balaban J connectivity index is 1.28. The number of piperidine rings is 1. The number of ketones is 1. The van der Waals surface area contributed by atoms with Crippen LogP contribution >= 0.6 is 0 Å². The van der Waals surface area contributed by atoms with Gasteiger partial charge in [0.25, 0.3) is 0 Å². The van der Waals surface area contributed by atoms with E-state index >= 15 is 0 Å². The van der Waals surface area contributed by atoms with Crippen molar-refractivity contribution in [2.75, 3.05) is 57.5 Å². The van der Waals surface area contributed by atoms with Crippen molar-refractivity contribution in [3.8, 4) is 11.8 Å². The lowest BCUT2D eigenvalue weighted by Gasteiger charge is -2.42. The molecule has 8 heteroatoms. The molecule has 0 saturated carbocycles. The van der Waals surface area contributed by atoms with Gasteiger partial charge in [0.2, 0.25) is 0 Å². The molecule has 1 unspecified atom stereocenters. The summed E-state index contributed by atoms with van der Waals surface area (Å²) < 4.78 is 17.8. The fourth-order valence-electron chi connectivity index (χ4n) is 7.06. The van der Waals surface area contributed by atoms with E-state index in [0.29, 0.717) is 35.9 Å². The number of carbonyl (C=O) groups excluding carboxylic acids is 1. The molecule has 3 saturated heterocycles. The van der Waals surface area contributed by atoms with Gasteiger partial charge in [0.15, 0.2) is 5.78 Å². The summed E-state index contributed by atoms with van der Waals surface area (Å²) in [5, 5.41) is 10.3. The number of benzene rings is 2. The molecule has 0 radical (unpaired) electrons. The van der Waals surface area contributed by atoms with Crippen molar-refractivity contribution in [3.05, 3.63) is 58.3 Å². The zero-order valence-corrected chi connectivity index (χ0v) is 23.3. The van der Waals surface area contributed by atoms with Crippen LogP contribution < -0.4 is 9.64 Å². The first kappa shape index (κ1) is 25.6. The van der Waals surface area contributed by atoms with Crippen LogP contribution in [0.15, 0.2) is 30.3 Å². The van der Waals surface area contributed by atoms with Gasteiger partial charge in [-0.1, -0.05) is 19.9 Å². The van der Waals surface area contributed by atoms with Crippen LogP contribution in [-0.2, 0) is 14.9 Å². The molecule has 8 nitrogen and oxygen atoms in total. The molecule has 1 aliphatic carbocycles. The third-order valence-corrected chi connectivity index (χ3v) is 9.35. The van der Waals surface area contributed by atoms with E-state index in [4.69, 9.17) is 14.2 Å². The molecule has 0 bridgehead atoms. The van der Waals surface area contributed by atoms with Crippen LogP contribution in [0.5, 0.6) is 5.75 Å². The Hall–Kier alpha value is -3.38. The number of rotatable bonds is 4. The Morgan fingerprint density at radius 3 is 2.55 bits per heavy atom. The van der Waals surface area contributed by atoms with Crippen molar-refractivity contribution in [2.24, 2.45) is 0 Å². The minimum Gasteiger partial charge on any atom is -0.486 e. The molecule has 1 aromatic heterocycles. The maximum Gasteiger partial charge on any atom is 0.195 e. The molecule has 3 fully saturated rings. The van der Waals surface area contributed by atoms with Crippen LogP contribution in [0.25, 0.3) is 10.9 Å². The summed E-state index contributed by atoms with van der Waals surface area (Å²) in [6.07, 6.45) is 3.03. The molecule has 2 aromatic carbocycles. The quantitative estimate of drug-likeness (QED) is 0.525. The van der Waals surface area contributed by atoms with Gasteiger partial charge < -0.3 is 24.1 Å². The summed E-state index contributed by atoms with van der Waals surface area (Å²) in [6, 6.07) is 12.5. The summed E-state index contributed by atoms with van der Waals surface area (Å²) >= 11 is 0. The Bertz CT molecular complexity index is 1500. The van der Waals surface area contributed by atoms with Crippen LogP contribution in [0, 0.1) is 11.3 Å². The largest absolute Gasteiger partial charge is 0.486 e. The number of nitrogens with one attached hydrogen (secondary N) is 1. The number of hydrogen-bond acceptors (Lipinski definition) is 7. The molecule has 7 rings (SSSR count). The highest BCUT2D eigenvalue weighted by Gasteiger charge is 2.41. The van der Waals surface area contributed by atoms with Gasteiger partial charge in [0, 0.05) is 66.2 Å². The number of nitrogens with zero attached hydrogens (tertiary/aromatic N) is 3. The van der Waals surface area contributed by atoms with Crippen molar-refractivity contribution < 1.29 is 19.0 Å². The van der Waals surface area contributed by atoms with E-state index in [-0.39, 0.29) is 11.9 Å². The highest BCUT2D eigenvalue weighted by atomic mass is 16.5. The van der Waals surface area contributed by atoms with Crippen molar-refractivity contribution in [2.45, 2.75) is 50.7 Å². The number of nitriles is 1. The summed E-state index contributed by atoms with van der Waals surface area (Å²) in [7, 11) is 0. The second-order valence-electron chi connectivity index (χ2n) is 12.0. The number of anilines is 1. The lowest BCUT2D eigenvalue weighted by atomic mass is 9.71. The summed E-state index contributed by atoms with van der Waals surface area (Å²) in [5.74, 6) is 0.781. The van der Waals surface area contributed by atoms with E-state index in [1.165, 1.54) is 0 Å². The van der Waals surface area contributed by atoms with Gasteiger partial charge in [-0.3, -0.25) is 9.69 Å². The van der Waals surface area contributed by atoms with E-state index in [1.807, 2.05) is 18.2 Å². The van der Waals surface area contributed by atoms with Crippen LogP contribution in [0.1, 0.15) is 65.9 Å². The predicted octanol–water partition coefficient (Wildman–Crippen LogP) is 4.38. The fourth-order valence-corrected chi connectivity index (χ4v) is 7.06. The molecule has 3 aliphatic heterocycles. The number of carbonyl (C=O) groups is 1. The summed E-state index contributed by atoms with van der Waals surface area (Å²) in [6.45, 7) is 11.2. The van der Waals surface area contributed by atoms with Crippen LogP contribution in [0.2, 0.25) is 0 Å². The van der Waals surface area contributed by atoms with Crippen LogP contribution in [0.3, 0.4) is 0 Å². The molecule has 4 heterocycles. The van der Waals surface area contributed by atoms with Gasteiger partial charge in [-0.05, 0) is 42.7 Å². The fraction of sp³-hybridized carbons (Fsp3) is 0.500. The predicted molar refractivity (Wildman–Crippen MR) is 152 cm³/mol. The number of aromatic amines is 1. The summed E-state index contributed by atoms with van der Waals surface area (Å²) in [5.41, 5.74) is 5.35. The van der Waals surface area contributed by atoms with Crippen molar-refractivity contribution in [3.63, 3.8) is 0 Å². The molecule has 4 aliphatic rings. The minimum atomic E-state index is -0.430. The molecule has 1 N–H and O–H groups in total. The number of hydrogen-bond donors (Lipinski definition) is 1. The van der Waals surface area contributed by atoms with Crippen LogP contribution in [0.4, 0.5) is 5.69 Å². The lowest BCUT2D eigenvalue weighted by Crippen LogP contribution is -2.49. The highest BCUT2D eigenvalue weighted by Crippen LogP contribution is 2.47. The van der Waals surface area contributed by atoms with Gasteiger partial charge in [0.1, 0.15) is 11.9 Å². The van der Waals surface area contributed by atoms with Crippen LogP contribution in [-0.4, -0.2) is 80.4 Å². The van der Waals surface area contributed by atoms with E-state index in [0.717, 1.165) is 92.3 Å². The second kappa shape index (κ2) is 9.91. The van der Waals surface area contributed by atoms with Crippen molar-refractivity contribution in [1.29, 1.82) is 5.26 Å². The second-order valence-corrected chi connectivity index (χ2v) is 12.0. The third-order valence-electron chi connectivity index (χ3n) is 9.35. The number of fused-ring (bicyclic) bond motifs is 4. The number of morpholine rings is 1. The average Bonchev–Trinajstić information content (AvgIpc) is 3.64. The lowest BCUT2D eigenvalue weighted by molar-refractivity contribution is 0.0115. The molecule has 40 heavy (non-hydrogen) atoms. The topological polar surface area (TPSA) is 90.8 Å². The Kier molecular flexibility index (Phi) is 6.34. The van der Waals surface area contributed by atoms with Gasteiger partial charge in [-0.15, -0.1) is 0 Å². The highest BCUT2D eigenvalue weighted by molar-refractivity contribution is 6.20. The monoisotopic (exact) mass is 540 g/mol. The number of aromatic nitrogens is 1. The van der Waals surface area contributed by atoms with Gasteiger partial charge in [-0.2, -0.15) is 5.26 Å². The zero-order valence-electron chi connectivity index (χ0n) is 23.3. The first-order chi connectivity index (χ1) is 19.4. The summed E-state index contributed by atoms with van der Waals surface area (Å²) in [4.78, 5) is 22.7. The van der Waals surface area contributed by atoms with Crippen molar-refractivity contribution >= 4 is 22.4 Å². The zero-order chi connectivity index (χ0) is 27.4. The number of ether oxygens (including phenoxy) is 3. The maximum atomic E-state index is 14.1. The molecule has 208 valence electrons. The first-order valence-corrected chi connectivity index (χ1v) is 14.5. The van der Waals surface area contributed by atoms with E-state index in [2.05, 4.69) is 40.8 Å². The minimum absolute atomic E-state index is 0.00498. The molecule has 0 amide bonds. The SMILES string of the molecule is CC1(C)c2cc(N3CCC(N4CCOCC4)CC3)c(OC3CCOC3)cc2C(=O)c2c1[nH]c1cc(C#N)ccc21. The smallest absolute Gasteiger partial charge is 0.195 e. The Labute approximate surface area is 234 Å². The van der Waals surface area contributed by atoms with Gasteiger partial charge >= 0.3 is 0 Å². The van der Waals surface area contributed by atoms with Gasteiger partial charge in [-0.25, -0.2) is 0 Å². The first-order valence-electron chi connectivity index (χ1n) is 14.5. The normalized spacial score (nSPS) is 23.2. The Morgan fingerprint density at radius 2 is 1.82 bits per heavy atom. The van der Waals surface area contributed by atoms with Crippen molar-refractivity contribution in [1.82, 2.24) is 9.88 Å². The standard InChI is InChI=1S/C32H36N4O4/c1-32(2)25-17-27(36-8-5-21(6-9-36)35-10-13-38-14-11-35)28(40-22-7-12-39-19-22)16-24(25)30(37)29-23-4-3-20(18-33)15-26(23)34-31(29)32/h3-4,15-17,21-22,34H,5-14,19H2,1-2H3. The van der Waals surface area contributed by atoms with E-state index < -0.39 is 5.41 Å². The average molecular weight is 541 g/mol. The molecule has 1 atom stereocenters. The maximum absolute atomic E-state index is 14.1. The molecule has 3 aromatic rings. The number of H-pyrrole nitrogens is 1. The van der Waals surface area contributed by atoms with E-state index in [9.17, 15) is 10.1 Å². The van der Waals surface area contributed by atoms with E-state index in [1.54, 1.807) is 6.07 Å². The molecular weight excluding hydrogens is 504 g/mol. The molecule has 0 spiro atoms. The van der Waals surface area contributed by atoms with Gasteiger partial charge in [0.05, 0.1) is 49.3 Å².